The molecule has 0 saturated heterocycles. The van der Waals surface area contributed by atoms with Crippen molar-refractivity contribution in [2.75, 3.05) is 5.32 Å². The summed E-state index contributed by atoms with van der Waals surface area (Å²) in [7, 11) is 0. The highest BCUT2D eigenvalue weighted by molar-refractivity contribution is 6.01. The van der Waals surface area contributed by atoms with Crippen molar-refractivity contribution in [2.45, 2.75) is 6.92 Å². The van der Waals surface area contributed by atoms with Gasteiger partial charge in [-0.3, -0.25) is 4.79 Å². The summed E-state index contributed by atoms with van der Waals surface area (Å²) >= 11 is 0. The number of hydrogen-bond acceptors (Lipinski definition) is 2. The standard InChI is InChI=1S/C19H17N3O/c1-15-6-5-7-17(12-15)21-19(23)11-10-16-13-20-22(14-16)18-8-3-2-4-9-18/h2-14H,1H3,(H,21,23)/b11-10+. The predicted octanol–water partition coefficient (Wildman–Crippen LogP) is 3.83. The van der Waals surface area contributed by atoms with Gasteiger partial charge < -0.3 is 5.32 Å². The molecule has 0 radical (unpaired) electrons. The Morgan fingerprint density at radius 2 is 1.96 bits per heavy atom. The molecule has 1 N–H and O–H groups in total. The van der Waals surface area contributed by atoms with Crippen LogP contribution in [-0.4, -0.2) is 15.7 Å². The minimum Gasteiger partial charge on any atom is -0.323 e. The smallest absolute Gasteiger partial charge is 0.248 e. The average molecular weight is 303 g/mol. The van der Waals surface area contributed by atoms with Crippen molar-refractivity contribution < 1.29 is 4.79 Å². The van der Waals surface area contributed by atoms with E-state index in [-0.39, 0.29) is 5.91 Å². The van der Waals surface area contributed by atoms with Gasteiger partial charge in [0.15, 0.2) is 0 Å². The molecule has 0 bridgehead atoms. The van der Waals surface area contributed by atoms with Crippen LogP contribution in [0, 0.1) is 6.92 Å². The molecule has 0 aliphatic rings. The van der Waals surface area contributed by atoms with E-state index < -0.39 is 0 Å². The molecule has 0 saturated carbocycles. The zero-order valence-corrected chi connectivity index (χ0v) is 12.8. The Balaban J connectivity index is 1.66. The number of benzene rings is 2. The molecule has 0 spiro atoms. The van der Waals surface area contributed by atoms with Crippen molar-refractivity contribution in [1.29, 1.82) is 0 Å². The largest absolute Gasteiger partial charge is 0.323 e. The molecule has 0 atom stereocenters. The van der Waals surface area contributed by atoms with Crippen LogP contribution >= 0.6 is 0 Å². The van der Waals surface area contributed by atoms with E-state index in [4.69, 9.17) is 0 Å². The van der Waals surface area contributed by atoms with Gasteiger partial charge in [0.1, 0.15) is 0 Å². The molecule has 4 nitrogen and oxygen atoms in total. The van der Waals surface area contributed by atoms with E-state index in [1.807, 2.05) is 67.7 Å². The van der Waals surface area contributed by atoms with Gasteiger partial charge in [0.2, 0.25) is 5.91 Å². The second kappa shape index (κ2) is 6.75. The Labute approximate surface area is 135 Å². The summed E-state index contributed by atoms with van der Waals surface area (Å²) in [4.78, 5) is 11.9. The van der Waals surface area contributed by atoms with E-state index >= 15 is 0 Å². The molecule has 2 aromatic carbocycles. The van der Waals surface area contributed by atoms with E-state index in [0.29, 0.717) is 0 Å². The number of anilines is 1. The lowest BCUT2D eigenvalue weighted by molar-refractivity contribution is -0.111. The zero-order chi connectivity index (χ0) is 16.1. The highest BCUT2D eigenvalue weighted by Gasteiger charge is 2.00. The normalized spacial score (nSPS) is 10.8. The number of aromatic nitrogens is 2. The number of carbonyl (C=O) groups is 1. The summed E-state index contributed by atoms with van der Waals surface area (Å²) in [5.41, 5.74) is 3.75. The maximum Gasteiger partial charge on any atom is 0.248 e. The second-order valence-corrected chi connectivity index (χ2v) is 5.25. The average Bonchev–Trinajstić information content (AvgIpc) is 3.03. The molecule has 1 amide bonds. The molecule has 1 aromatic heterocycles. The minimum absolute atomic E-state index is 0.164. The molecule has 23 heavy (non-hydrogen) atoms. The van der Waals surface area contributed by atoms with Crippen molar-refractivity contribution in [1.82, 2.24) is 9.78 Å². The van der Waals surface area contributed by atoms with E-state index in [9.17, 15) is 4.79 Å². The molecular formula is C19H17N3O. The molecule has 3 aromatic rings. The SMILES string of the molecule is Cc1cccc(NC(=O)/C=C/c2cnn(-c3ccccc3)c2)c1. The monoisotopic (exact) mass is 303 g/mol. The Kier molecular flexibility index (Phi) is 4.34. The van der Waals surface area contributed by atoms with Crippen LogP contribution < -0.4 is 5.32 Å². The fourth-order valence-corrected chi connectivity index (χ4v) is 2.22. The second-order valence-electron chi connectivity index (χ2n) is 5.25. The molecule has 0 fully saturated rings. The Bertz CT molecular complexity index is 835. The lowest BCUT2D eigenvalue weighted by Gasteiger charge is -2.02. The summed E-state index contributed by atoms with van der Waals surface area (Å²) < 4.78 is 1.78. The summed E-state index contributed by atoms with van der Waals surface area (Å²) in [6.45, 7) is 1.99. The predicted molar refractivity (Wildman–Crippen MR) is 92.4 cm³/mol. The van der Waals surface area contributed by atoms with Gasteiger partial charge in [0.25, 0.3) is 0 Å². The molecule has 0 aliphatic carbocycles. The van der Waals surface area contributed by atoms with Crippen LogP contribution in [0.4, 0.5) is 5.69 Å². The summed E-state index contributed by atoms with van der Waals surface area (Å²) in [5.74, 6) is -0.164. The number of nitrogens with zero attached hydrogens (tertiary/aromatic N) is 2. The Morgan fingerprint density at radius 3 is 2.74 bits per heavy atom. The molecule has 0 unspecified atom stereocenters. The van der Waals surface area contributed by atoms with Crippen LogP contribution in [0.1, 0.15) is 11.1 Å². The van der Waals surface area contributed by atoms with Gasteiger partial charge in [-0.1, -0.05) is 30.3 Å². The van der Waals surface area contributed by atoms with Crippen LogP contribution in [0.5, 0.6) is 0 Å². The zero-order valence-electron chi connectivity index (χ0n) is 12.8. The number of rotatable bonds is 4. The third-order valence-corrected chi connectivity index (χ3v) is 3.34. The minimum atomic E-state index is -0.164. The van der Waals surface area contributed by atoms with Gasteiger partial charge in [-0.2, -0.15) is 5.10 Å². The fraction of sp³-hybridized carbons (Fsp3) is 0.0526. The topological polar surface area (TPSA) is 46.9 Å². The van der Waals surface area contributed by atoms with Crippen LogP contribution in [0.15, 0.2) is 73.1 Å². The van der Waals surface area contributed by atoms with E-state index in [1.54, 1.807) is 17.0 Å². The van der Waals surface area contributed by atoms with Crippen molar-refractivity contribution in [3.8, 4) is 5.69 Å². The molecular weight excluding hydrogens is 286 g/mol. The van der Waals surface area contributed by atoms with Crippen LogP contribution in [-0.2, 0) is 4.79 Å². The highest BCUT2D eigenvalue weighted by Crippen LogP contribution is 2.11. The fourth-order valence-electron chi connectivity index (χ4n) is 2.22. The van der Waals surface area contributed by atoms with Gasteiger partial charge in [-0.05, 0) is 42.8 Å². The Morgan fingerprint density at radius 1 is 1.13 bits per heavy atom. The van der Waals surface area contributed by atoms with Gasteiger partial charge in [-0.15, -0.1) is 0 Å². The third-order valence-electron chi connectivity index (χ3n) is 3.34. The number of carbonyl (C=O) groups excluding carboxylic acids is 1. The van der Waals surface area contributed by atoms with Crippen LogP contribution in [0.3, 0.4) is 0 Å². The number of aryl methyl sites for hydroxylation is 1. The number of hydrogen-bond donors (Lipinski definition) is 1. The molecule has 1 heterocycles. The Hall–Kier alpha value is -3.14. The molecule has 3 rings (SSSR count). The first-order valence-corrected chi connectivity index (χ1v) is 7.36. The lowest BCUT2D eigenvalue weighted by Crippen LogP contribution is -2.07. The van der Waals surface area contributed by atoms with E-state index in [0.717, 1.165) is 22.5 Å². The first-order chi connectivity index (χ1) is 11.2. The van der Waals surface area contributed by atoms with Gasteiger partial charge in [-0.25, -0.2) is 4.68 Å². The van der Waals surface area contributed by atoms with Crippen LogP contribution in [0.25, 0.3) is 11.8 Å². The van der Waals surface area contributed by atoms with Crippen molar-refractivity contribution in [3.63, 3.8) is 0 Å². The number of para-hydroxylation sites is 1. The van der Waals surface area contributed by atoms with Crippen molar-refractivity contribution in [2.24, 2.45) is 0 Å². The van der Waals surface area contributed by atoms with Crippen molar-refractivity contribution in [3.05, 3.63) is 84.2 Å². The maximum atomic E-state index is 11.9. The van der Waals surface area contributed by atoms with Gasteiger partial charge >= 0.3 is 0 Å². The van der Waals surface area contributed by atoms with Gasteiger partial charge in [0.05, 0.1) is 11.9 Å². The number of nitrogens with one attached hydrogen (secondary N) is 1. The first-order valence-electron chi connectivity index (χ1n) is 7.36. The van der Waals surface area contributed by atoms with Gasteiger partial charge in [0, 0.05) is 23.5 Å². The summed E-state index contributed by atoms with van der Waals surface area (Å²) in [6.07, 6.45) is 6.86. The van der Waals surface area contributed by atoms with Crippen LogP contribution in [0.2, 0.25) is 0 Å². The van der Waals surface area contributed by atoms with E-state index in [1.165, 1.54) is 6.08 Å². The highest BCUT2D eigenvalue weighted by atomic mass is 16.1. The first kappa shape index (κ1) is 14.8. The summed E-state index contributed by atoms with van der Waals surface area (Å²) in [6, 6.07) is 17.5. The van der Waals surface area contributed by atoms with E-state index in [2.05, 4.69) is 10.4 Å². The summed E-state index contributed by atoms with van der Waals surface area (Å²) in [5, 5.41) is 7.13. The van der Waals surface area contributed by atoms with Crippen molar-refractivity contribution >= 4 is 17.7 Å². The molecule has 114 valence electrons. The maximum absolute atomic E-state index is 11.9. The number of amides is 1. The third kappa shape index (κ3) is 3.95. The lowest BCUT2D eigenvalue weighted by atomic mass is 10.2. The molecule has 4 heteroatoms. The quantitative estimate of drug-likeness (QED) is 0.745. The molecule has 0 aliphatic heterocycles.